The molecule has 2 aromatic carbocycles. The first-order chi connectivity index (χ1) is 13.9. The van der Waals surface area contributed by atoms with Crippen LogP contribution in [0.15, 0.2) is 51.0 Å². The molecule has 7 heteroatoms. The summed E-state index contributed by atoms with van der Waals surface area (Å²) in [5.74, 6) is -0.652. The summed E-state index contributed by atoms with van der Waals surface area (Å²) in [4.78, 5) is 29.0. The molecule has 0 aliphatic rings. The number of oxazole rings is 1. The van der Waals surface area contributed by atoms with Gasteiger partial charge in [-0.1, -0.05) is 29.8 Å². The molecule has 0 saturated heterocycles. The summed E-state index contributed by atoms with van der Waals surface area (Å²) in [5.41, 5.74) is 6.71. The quantitative estimate of drug-likeness (QED) is 0.521. The molecule has 0 aliphatic carbocycles. The minimum absolute atomic E-state index is 0.154. The van der Waals surface area contributed by atoms with E-state index in [0.29, 0.717) is 16.2 Å². The fourth-order valence-corrected chi connectivity index (χ4v) is 4.37. The van der Waals surface area contributed by atoms with Gasteiger partial charge in [-0.3, -0.25) is 9.36 Å². The lowest BCUT2D eigenvalue weighted by Crippen LogP contribution is -2.19. The number of fused-ring (bicyclic) bond motifs is 1. The third-order valence-corrected chi connectivity index (χ3v) is 5.58. The van der Waals surface area contributed by atoms with Gasteiger partial charge in [0.25, 0.3) is 0 Å². The van der Waals surface area contributed by atoms with E-state index in [1.165, 1.54) is 21.5 Å². The van der Waals surface area contributed by atoms with Crippen LogP contribution in [-0.4, -0.2) is 15.5 Å². The number of para-hydroxylation sites is 2. The molecule has 29 heavy (non-hydrogen) atoms. The number of nitrogens with one attached hydrogen (secondary N) is 1. The van der Waals surface area contributed by atoms with Crippen molar-refractivity contribution in [1.29, 1.82) is 0 Å². The number of anilines is 1. The second-order valence-electron chi connectivity index (χ2n) is 7.10. The molecular weight excluding hydrogens is 386 g/mol. The van der Waals surface area contributed by atoms with Gasteiger partial charge in [-0.15, -0.1) is 11.3 Å². The Hall–Kier alpha value is -3.19. The average Bonchev–Trinajstić information content (AvgIpc) is 3.22. The zero-order valence-corrected chi connectivity index (χ0v) is 17.3. The summed E-state index contributed by atoms with van der Waals surface area (Å²) in [6.45, 7) is 6.46. The molecule has 2 aromatic heterocycles. The van der Waals surface area contributed by atoms with E-state index in [1.807, 2.05) is 11.4 Å². The Morgan fingerprint density at radius 1 is 1.17 bits per heavy atom. The van der Waals surface area contributed by atoms with E-state index in [0.717, 1.165) is 22.4 Å². The summed E-state index contributed by atoms with van der Waals surface area (Å²) >= 11 is 1.39. The maximum Gasteiger partial charge on any atom is 0.419 e. The van der Waals surface area contributed by atoms with E-state index in [9.17, 15) is 9.59 Å². The number of thiazole rings is 1. The Balaban J connectivity index is 1.46. The van der Waals surface area contributed by atoms with Gasteiger partial charge in [-0.05, 0) is 44.0 Å². The first-order valence-corrected chi connectivity index (χ1v) is 10.2. The zero-order chi connectivity index (χ0) is 20.5. The van der Waals surface area contributed by atoms with Crippen LogP contribution in [0.2, 0.25) is 0 Å². The largest absolute Gasteiger partial charge is 0.419 e. The second kappa shape index (κ2) is 7.67. The lowest BCUT2D eigenvalue weighted by atomic mass is 9.98. The summed E-state index contributed by atoms with van der Waals surface area (Å²) in [5, 5.41) is 5.34. The van der Waals surface area contributed by atoms with Crippen molar-refractivity contribution in [3.8, 4) is 11.3 Å². The zero-order valence-electron chi connectivity index (χ0n) is 16.5. The van der Waals surface area contributed by atoms with Gasteiger partial charge in [0, 0.05) is 23.9 Å². The van der Waals surface area contributed by atoms with Gasteiger partial charge in [0.2, 0.25) is 5.91 Å². The van der Waals surface area contributed by atoms with Gasteiger partial charge in [-0.2, -0.15) is 0 Å². The van der Waals surface area contributed by atoms with E-state index in [2.05, 4.69) is 43.2 Å². The van der Waals surface area contributed by atoms with Crippen LogP contribution in [0.5, 0.6) is 0 Å². The fraction of sp³-hybridized carbons (Fsp3) is 0.227. The maximum absolute atomic E-state index is 12.4. The van der Waals surface area contributed by atoms with Gasteiger partial charge >= 0.3 is 5.76 Å². The van der Waals surface area contributed by atoms with Gasteiger partial charge in [0.05, 0.1) is 11.2 Å². The van der Waals surface area contributed by atoms with E-state index in [-0.39, 0.29) is 18.9 Å². The number of rotatable bonds is 5. The molecule has 0 bridgehead atoms. The Labute approximate surface area is 171 Å². The highest BCUT2D eigenvalue weighted by atomic mass is 32.1. The molecule has 0 atom stereocenters. The van der Waals surface area contributed by atoms with Crippen LogP contribution >= 0.6 is 11.3 Å². The van der Waals surface area contributed by atoms with Crippen molar-refractivity contribution < 1.29 is 9.21 Å². The number of carbonyl (C=O) groups is 1. The van der Waals surface area contributed by atoms with Crippen LogP contribution in [0, 0.1) is 20.8 Å². The second-order valence-corrected chi connectivity index (χ2v) is 7.96. The normalized spacial score (nSPS) is 11.1. The number of aromatic nitrogens is 2. The third kappa shape index (κ3) is 3.86. The Kier molecular flexibility index (Phi) is 5.07. The smallest absolute Gasteiger partial charge is 0.408 e. The van der Waals surface area contributed by atoms with Crippen molar-refractivity contribution in [1.82, 2.24) is 9.55 Å². The van der Waals surface area contributed by atoms with Crippen molar-refractivity contribution in [3.63, 3.8) is 0 Å². The number of benzene rings is 2. The fourth-order valence-electron chi connectivity index (χ4n) is 3.65. The number of nitrogens with zero attached hydrogens (tertiary/aromatic N) is 2. The molecule has 148 valence electrons. The molecule has 0 aliphatic heterocycles. The first kappa shape index (κ1) is 19.1. The number of carbonyl (C=O) groups excluding carboxylic acids is 1. The van der Waals surface area contributed by atoms with Crippen LogP contribution in [-0.2, 0) is 11.3 Å². The Bertz CT molecular complexity index is 1240. The molecular formula is C22H21N3O3S. The van der Waals surface area contributed by atoms with Crippen molar-refractivity contribution >= 4 is 33.5 Å². The summed E-state index contributed by atoms with van der Waals surface area (Å²) in [6.07, 6.45) is 0.154. The van der Waals surface area contributed by atoms with Crippen LogP contribution < -0.4 is 11.1 Å². The maximum atomic E-state index is 12.4. The minimum Gasteiger partial charge on any atom is -0.408 e. The van der Waals surface area contributed by atoms with Gasteiger partial charge in [0.1, 0.15) is 0 Å². The monoisotopic (exact) mass is 407 g/mol. The van der Waals surface area contributed by atoms with E-state index in [1.54, 1.807) is 18.2 Å². The minimum atomic E-state index is -0.458. The Morgan fingerprint density at radius 2 is 1.90 bits per heavy atom. The molecule has 4 rings (SSSR count). The standard InChI is InChI=1S/C22H21N3O3S/c1-13-10-14(2)20(15(3)11-13)16-12-29-21(23-16)24-19(26)8-9-25-17-6-4-5-7-18(17)28-22(25)27/h4-7,10-12H,8-9H2,1-3H3,(H,23,24,26). The van der Waals surface area contributed by atoms with Crippen LogP contribution in [0.1, 0.15) is 23.1 Å². The third-order valence-electron chi connectivity index (χ3n) is 4.82. The molecule has 1 N–H and O–H groups in total. The number of hydrogen-bond donors (Lipinski definition) is 1. The predicted octanol–water partition coefficient (Wildman–Crippen LogP) is 4.67. The van der Waals surface area contributed by atoms with E-state index >= 15 is 0 Å². The predicted molar refractivity (Wildman–Crippen MR) is 115 cm³/mol. The summed E-state index contributed by atoms with van der Waals surface area (Å²) in [6, 6.07) is 11.4. The molecule has 2 heterocycles. The number of aryl methyl sites for hydroxylation is 4. The lowest BCUT2D eigenvalue weighted by molar-refractivity contribution is -0.116. The highest BCUT2D eigenvalue weighted by molar-refractivity contribution is 7.14. The summed E-state index contributed by atoms with van der Waals surface area (Å²) < 4.78 is 6.67. The number of amides is 1. The van der Waals surface area contributed by atoms with Gasteiger partial charge in [-0.25, -0.2) is 9.78 Å². The van der Waals surface area contributed by atoms with Crippen molar-refractivity contribution in [2.45, 2.75) is 33.7 Å². The van der Waals surface area contributed by atoms with E-state index < -0.39 is 5.76 Å². The first-order valence-electron chi connectivity index (χ1n) is 9.34. The molecule has 0 fully saturated rings. The van der Waals surface area contributed by atoms with Crippen molar-refractivity contribution in [3.05, 3.63) is 69.0 Å². The Morgan fingerprint density at radius 3 is 2.66 bits per heavy atom. The SMILES string of the molecule is Cc1cc(C)c(-c2csc(NC(=O)CCn3c(=O)oc4ccccc43)n2)c(C)c1. The van der Waals surface area contributed by atoms with Gasteiger partial charge in [0.15, 0.2) is 10.7 Å². The molecule has 0 saturated carbocycles. The summed E-state index contributed by atoms with van der Waals surface area (Å²) in [7, 11) is 0. The van der Waals surface area contributed by atoms with Crippen molar-refractivity contribution in [2.75, 3.05) is 5.32 Å². The van der Waals surface area contributed by atoms with Crippen LogP contribution in [0.25, 0.3) is 22.4 Å². The number of hydrogen-bond acceptors (Lipinski definition) is 5. The van der Waals surface area contributed by atoms with Crippen LogP contribution in [0.3, 0.4) is 0 Å². The molecule has 6 nitrogen and oxygen atoms in total. The molecule has 4 aromatic rings. The highest BCUT2D eigenvalue weighted by Gasteiger charge is 2.14. The van der Waals surface area contributed by atoms with E-state index in [4.69, 9.17) is 4.42 Å². The topological polar surface area (TPSA) is 77.1 Å². The van der Waals surface area contributed by atoms with Crippen molar-refractivity contribution in [2.24, 2.45) is 0 Å². The van der Waals surface area contributed by atoms with Crippen LogP contribution in [0.4, 0.5) is 5.13 Å². The molecule has 0 spiro atoms. The average molecular weight is 407 g/mol. The molecule has 0 radical (unpaired) electrons. The lowest BCUT2D eigenvalue weighted by Gasteiger charge is -2.08. The van der Waals surface area contributed by atoms with Gasteiger partial charge < -0.3 is 9.73 Å². The molecule has 1 amide bonds. The highest BCUT2D eigenvalue weighted by Crippen LogP contribution is 2.31. The molecule has 0 unspecified atom stereocenters.